The highest BCUT2D eigenvalue weighted by molar-refractivity contribution is 6.00. The third-order valence-corrected chi connectivity index (χ3v) is 5.45. The van der Waals surface area contributed by atoms with Crippen LogP contribution in [0.4, 0.5) is 11.4 Å². The summed E-state index contributed by atoms with van der Waals surface area (Å²) in [5, 5.41) is 5.79. The molecule has 0 spiro atoms. The minimum atomic E-state index is -0.834. The molecule has 2 N–H and O–H groups in total. The number of nitrogens with zero attached hydrogens (tertiary/aromatic N) is 3. The third kappa shape index (κ3) is 4.71. The first-order chi connectivity index (χ1) is 15.1. The summed E-state index contributed by atoms with van der Waals surface area (Å²) >= 11 is 0. The predicted octanol–water partition coefficient (Wildman–Crippen LogP) is 3.21. The molecule has 158 valence electrons. The number of hydrogen-bond acceptors (Lipinski definition) is 5. The molecular formula is C24H25N5O2. The number of benzene rings is 2. The van der Waals surface area contributed by atoms with Gasteiger partial charge < -0.3 is 15.5 Å². The summed E-state index contributed by atoms with van der Waals surface area (Å²) in [5.41, 5.74) is 2.75. The van der Waals surface area contributed by atoms with E-state index in [1.54, 1.807) is 0 Å². The summed E-state index contributed by atoms with van der Waals surface area (Å²) in [6.07, 6.45) is 5.49. The number of hydrogen-bond donors (Lipinski definition) is 2. The number of aromatic nitrogens is 2. The van der Waals surface area contributed by atoms with E-state index in [4.69, 9.17) is 0 Å². The molecule has 2 aromatic carbocycles. The minimum Gasteiger partial charge on any atom is -0.350 e. The zero-order valence-corrected chi connectivity index (χ0v) is 17.4. The smallest absolute Gasteiger partial charge is 0.255 e. The SMILES string of the molecule is CCN(c1ccccc1)c1ccc(CNC(=O)C2(NC(=O)c3cncnc3)CC2)cc1. The van der Waals surface area contributed by atoms with Crippen molar-refractivity contribution in [2.24, 2.45) is 0 Å². The Morgan fingerprint density at radius 1 is 0.968 bits per heavy atom. The number of amides is 2. The van der Waals surface area contributed by atoms with Crippen molar-refractivity contribution in [3.8, 4) is 0 Å². The first kappa shape index (κ1) is 20.5. The highest BCUT2D eigenvalue weighted by atomic mass is 16.2. The maximum Gasteiger partial charge on any atom is 0.255 e. The van der Waals surface area contributed by atoms with Gasteiger partial charge in [-0.2, -0.15) is 0 Å². The lowest BCUT2D eigenvalue weighted by molar-refractivity contribution is -0.124. The number of carbonyl (C=O) groups is 2. The predicted molar refractivity (Wildman–Crippen MR) is 119 cm³/mol. The van der Waals surface area contributed by atoms with Gasteiger partial charge in [-0.1, -0.05) is 30.3 Å². The topological polar surface area (TPSA) is 87.2 Å². The van der Waals surface area contributed by atoms with Crippen LogP contribution in [-0.4, -0.2) is 33.9 Å². The number of rotatable bonds is 8. The molecule has 0 aliphatic heterocycles. The molecule has 0 atom stereocenters. The summed E-state index contributed by atoms with van der Waals surface area (Å²) in [4.78, 5) is 35.0. The summed E-state index contributed by atoms with van der Waals surface area (Å²) in [5.74, 6) is -0.501. The molecule has 31 heavy (non-hydrogen) atoms. The van der Waals surface area contributed by atoms with Crippen LogP contribution in [0.15, 0.2) is 73.3 Å². The van der Waals surface area contributed by atoms with Crippen LogP contribution in [0.3, 0.4) is 0 Å². The van der Waals surface area contributed by atoms with Gasteiger partial charge in [0.05, 0.1) is 5.56 Å². The quantitative estimate of drug-likeness (QED) is 0.590. The van der Waals surface area contributed by atoms with Crippen LogP contribution in [0.25, 0.3) is 0 Å². The monoisotopic (exact) mass is 415 g/mol. The van der Waals surface area contributed by atoms with Gasteiger partial charge >= 0.3 is 0 Å². The van der Waals surface area contributed by atoms with Crippen LogP contribution < -0.4 is 15.5 Å². The molecule has 0 unspecified atom stereocenters. The summed E-state index contributed by atoms with van der Waals surface area (Å²) < 4.78 is 0. The van der Waals surface area contributed by atoms with Crippen molar-refractivity contribution in [1.29, 1.82) is 0 Å². The largest absolute Gasteiger partial charge is 0.350 e. The molecule has 1 aromatic heterocycles. The van der Waals surface area contributed by atoms with E-state index in [0.29, 0.717) is 24.9 Å². The van der Waals surface area contributed by atoms with E-state index >= 15 is 0 Å². The van der Waals surface area contributed by atoms with Crippen molar-refractivity contribution in [3.63, 3.8) is 0 Å². The molecule has 4 rings (SSSR count). The number of nitrogens with one attached hydrogen (secondary N) is 2. The summed E-state index contributed by atoms with van der Waals surface area (Å²) in [6, 6.07) is 18.4. The Bertz CT molecular complexity index is 1030. The second kappa shape index (κ2) is 8.95. The fraction of sp³-hybridized carbons (Fsp3) is 0.250. The first-order valence-electron chi connectivity index (χ1n) is 10.4. The van der Waals surface area contributed by atoms with Gasteiger partial charge in [-0.05, 0) is 49.6 Å². The lowest BCUT2D eigenvalue weighted by Crippen LogP contribution is -2.48. The number of para-hydroxylation sites is 1. The Labute approximate surface area is 181 Å². The Morgan fingerprint density at radius 2 is 1.61 bits per heavy atom. The van der Waals surface area contributed by atoms with Gasteiger partial charge in [-0.25, -0.2) is 9.97 Å². The molecule has 1 aliphatic rings. The lowest BCUT2D eigenvalue weighted by Gasteiger charge is -2.23. The van der Waals surface area contributed by atoms with Crippen molar-refractivity contribution >= 4 is 23.2 Å². The van der Waals surface area contributed by atoms with Crippen LogP contribution in [0.2, 0.25) is 0 Å². The summed E-state index contributed by atoms with van der Waals surface area (Å²) in [7, 11) is 0. The highest BCUT2D eigenvalue weighted by Crippen LogP contribution is 2.36. The summed E-state index contributed by atoms with van der Waals surface area (Å²) in [6.45, 7) is 3.38. The molecule has 1 heterocycles. The Morgan fingerprint density at radius 3 is 2.23 bits per heavy atom. The zero-order chi connectivity index (χ0) is 21.7. The fourth-order valence-corrected chi connectivity index (χ4v) is 3.51. The Kier molecular flexibility index (Phi) is 5.93. The third-order valence-electron chi connectivity index (χ3n) is 5.45. The molecule has 1 aliphatic carbocycles. The molecule has 0 saturated heterocycles. The van der Waals surface area contributed by atoms with Crippen molar-refractivity contribution in [2.75, 3.05) is 11.4 Å². The van der Waals surface area contributed by atoms with E-state index in [1.165, 1.54) is 18.7 Å². The van der Waals surface area contributed by atoms with Crippen LogP contribution in [0.1, 0.15) is 35.7 Å². The van der Waals surface area contributed by atoms with Gasteiger partial charge in [-0.15, -0.1) is 0 Å². The molecule has 7 heteroatoms. The average molecular weight is 415 g/mol. The van der Waals surface area contributed by atoms with Gasteiger partial charge in [0, 0.05) is 36.9 Å². The molecule has 3 aromatic rings. The van der Waals surface area contributed by atoms with Crippen LogP contribution >= 0.6 is 0 Å². The maximum absolute atomic E-state index is 12.7. The average Bonchev–Trinajstić information content (AvgIpc) is 3.61. The van der Waals surface area contributed by atoms with Crippen LogP contribution in [0.5, 0.6) is 0 Å². The second-order valence-corrected chi connectivity index (χ2v) is 7.59. The Balaban J connectivity index is 1.35. The van der Waals surface area contributed by atoms with Gasteiger partial charge in [0.1, 0.15) is 11.9 Å². The highest BCUT2D eigenvalue weighted by Gasteiger charge is 2.51. The molecule has 0 radical (unpaired) electrons. The van der Waals surface area contributed by atoms with E-state index in [9.17, 15) is 9.59 Å². The van der Waals surface area contributed by atoms with Crippen LogP contribution in [0, 0.1) is 0 Å². The minimum absolute atomic E-state index is 0.166. The van der Waals surface area contributed by atoms with E-state index in [0.717, 1.165) is 23.5 Å². The van der Waals surface area contributed by atoms with Gasteiger partial charge in [0.15, 0.2) is 0 Å². The number of anilines is 2. The molecule has 0 bridgehead atoms. The lowest BCUT2D eigenvalue weighted by atomic mass is 10.1. The second-order valence-electron chi connectivity index (χ2n) is 7.59. The molecule has 7 nitrogen and oxygen atoms in total. The van der Waals surface area contributed by atoms with Gasteiger partial charge in [-0.3, -0.25) is 9.59 Å². The van der Waals surface area contributed by atoms with Crippen molar-refractivity contribution < 1.29 is 9.59 Å². The van der Waals surface area contributed by atoms with Crippen molar-refractivity contribution in [3.05, 3.63) is 84.4 Å². The first-order valence-corrected chi connectivity index (χ1v) is 10.4. The molecule has 1 fully saturated rings. The van der Waals surface area contributed by atoms with Gasteiger partial charge in [0.25, 0.3) is 5.91 Å². The van der Waals surface area contributed by atoms with Gasteiger partial charge in [0.2, 0.25) is 5.91 Å². The van der Waals surface area contributed by atoms with Crippen LogP contribution in [-0.2, 0) is 11.3 Å². The molecule has 1 saturated carbocycles. The van der Waals surface area contributed by atoms with Crippen molar-refractivity contribution in [1.82, 2.24) is 20.6 Å². The zero-order valence-electron chi connectivity index (χ0n) is 17.4. The van der Waals surface area contributed by atoms with Crippen molar-refractivity contribution in [2.45, 2.75) is 31.8 Å². The van der Waals surface area contributed by atoms with E-state index < -0.39 is 5.54 Å². The maximum atomic E-state index is 12.7. The Hall–Kier alpha value is -3.74. The normalized spacial score (nSPS) is 13.8. The van der Waals surface area contributed by atoms with E-state index in [-0.39, 0.29) is 11.8 Å². The van der Waals surface area contributed by atoms with E-state index in [2.05, 4.69) is 56.7 Å². The molecule has 2 amide bonds. The standard InChI is InChI=1S/C24H25N5O2/c1-2-29(20-6-4-3-5-7-20)21-10-8-18(9-11-21)14-27-23(31)24(12-13-24)28-22(30)19-15-25-17-26-16-19/h3-11,15-17H,2,12-14H2,1H3,(H,27,31)(H,28,30). The van der Waals surface area contributed by atoms with E-state index in [1.807, 2.05) is 30.3 Å². The fourth-order valence-electron chi connectivity index (χ4n) is 3.51. The number of carbonyl (C=O) groups excluding carboxylic acids is 2. The molecular weight excluding hydrogens is 390 g/mol.